The van der Waals surface area contributed by atoms with Gasteiger partial charge in [-0.1, -0.05) is 37.3 Å². The number of nitrogens with zero attached hydrogens (tertiary/aromatic N) is 3. The minimum Gasteiger partial charge on any atom is -0.323 e. The molecule has 2 heterocycles. The van der Waals surface area contributed by atoms with E-state index in [1.165, 1.54) is 24.6 Å². The molecule has 0 radical (unpaired) electrons. The number of aryl methyl sites for hydroxylation is 1. The van der Waals surface area contributed by atoms with Gasteiger partial charge in [0.05, 0.1) is 16.2 Å². The molecule has 2 aliphatic carbocycles. The Labute approximate surface area is 221 Å². The Balaban J connectivity index is 1.53. The fourth-order valence-electron chi connectivity index (χ4n) is 5.11. The van der Waals surface area contributed by atoms with Crippen LogP contribution in [-0.2, 0) is 28.7 Å². The van der Waals surface area contributed by atoms with Gasteiger partial charge < -0.3 is 4.57 Å². The lowest BCUT2D eigenvalue weighted by Crippen LogP contribution is -2.28. The highest BCUT2D eigenvalue weighted by Gasteiger charge is 2.44. The first-order chi connectivity index (χ1) is 18.3. The molecular formula is C28H25F4N3O3S. The van der Waals surface area contributed by atoms with Crippen LogP contribution in [0.2, 0.25) is 0 Å². The second-order valence-electron chi connectivity index (χ2n) is 10.3. The van der Waals surface area contributed by atoms with E-state index >= 15 is 0 Å². The van der Waals surface area contributed by atoms with E-state index in [0.29, 0.717) is 42.4 Å². The average molecular weight is 560 g/mol. The summed E-state index contributed by atoms with van der Waals surface area (Å²) >= 11 is 0. The molecular weight excluding hydrogens is 534 g/mol. The van der Waals surface area contributed by atoms with Crippen LogP contribution in [0.3, 0.4) is 0 Å². The van der Waals surface area contributed by atoms with Crippen LogP contribution in [0.5, 0.6) is 0 Å². The van der Waals surface area contributed by atoms with Gasteiger partial charge in [0, 0.05) is 18.7 Å². The van der Waals surface area contributed by atoms with Gasteiger partial charge in [-0.15, -0.1) is 0 Å². The number of rotatable bonds is 6. The van der Waals surface area contributed by atoms with E-state index in [4.69, 9.17) is 0 Å². The third-order valence-electron chi connectivity index (χ3n) is 7.64. The molecule has 4 aromatic rings. The summed E-state index contributed by atoms with van der Waals surface area (Å²) in [6.07, 6.45) is -2.83. The van der Waals surface area contributed by atoms with Crippen LogP contribution in [0.1, 0.15) is 49.9 Å². The topological polar surface area (TPSA) is 74.0 Å². The first kappa shape index (κ1) is 25.8. The molecule has 0 bridgehead atoms. The Morgan fingerprint density at radius 2 is 1.67 bits per heavy atom. The molecule has 204 valence electrons. The monoisotopic (exact) mass is 559 g/mol. The Morgan fingerprint density at radius 3 is 2.23 bits per heavy atom. The summed E-state index contributed by atoms with van der Waals surface area (Å²) in [5, 5.41) is 0. The number of benzene rings is 2. The van der Waals surface area contributed by atoms with Gasteiger partial charge in [0.1, 0.15) is 22.7 Å². The molecule has 0 saturated heterocycles. The summed E-state index contributed by atoms with van der Waals surface area (Å²) in [6.45, 7) is 1.50. The van der Waals surface area contributed by atoms with E-state index in [1.54, 1.807) is 36.4 Å². The fraction of sp³-hybridized carbons (Fsp3) is 0.357. The quantitative estimate of drug-likeness (QED) is 0.265. The molecule has 0 spiro atoms. The van der Waals surface area contributed by atoms with Crippen molar-refractivity contribution in [3.05, 3.63) is 70.1 Å². The number of imidazole rings is 1. The second-order valence-corrected chi connectivity index (χ2v) is 12.6. The Morgan fingerprint density at radius 1 is 1.03 bits per heavy atom. The molecule has 2 aliphatic rings. The van der Waals surface area contributed by atoms with E-state index in [9.17, 15) is 30.8 Å². The zero-order valence-corrected chi connectivity index (χ0v) is 22.0. The Bertz CT molecular complexity index is 1800. The van der Waals surface area contributed by atoms with Crippen LogP contribution in [0.15, 0.2) is 58.2 Å². The van der Waals surface area contributed by atoms with E-state index in [-0.39, 0.29) is 33.1 Å². The zero-order chi connectivity index (χ0) is 27.9. The first-order valence-electron chi connectivity index (χ1n) is 12.7. The normalized spacial score (nSPS) is 17.1. The zero-order valence-electron chi connectivity index (χ0n) is 21.2. The van der Waals surface area contributed by atoms with E-state index in [2.05, 4.69) is 4.98 Å². The van der Waals surface area contributed by atoms with Gasteiger partial charge in [-0.3, -0.25) is 9.36 Å². The van der Waals surface area contributed by atoms with Gasteiger partial charge in [0.15, 0.2) is 9.84 Å². The SMILES string of the molecule is CCS(=O)(=O)c1cc(-c2ccc(C3(F)CC3)cc2)ccc1-c1nc2cc(C(F)(F)F)n(C3CC3)c(=O)c2n1C. The summed E-state index contributed by atoms with van der Waals surface area (Å²) < 4.78 is 84.5. The number of alkyl halides is 4. The number of fused-ring (bicyclic) bond motifs is 1. The average Bonchev–Trinajstić information content (AvgIpc) is 3.83. The molecule has 2 aromatic heterocycles. The summed E-state index contributed by atoms with van der Waals surface area (Å²) in [4.78, 5) is 17.6. The predicted molar refractivity (Wildman–Crippen MR) is 139 cm³/mol. The minimum absolute atomic E-state index is 0.0235. The summed E-state index contributed by atoms with van der Waals surface area (Å²) in [5.41, 5.74) is -1.30. The fourth-order valence-corrected chi connectivity index (χ4v) is 6.22. The number of hydrogen-bond acceptors (Lipinski definition) is 4. The maximum Gasteiger partial charge on any atom is 0.431 e. The number of sulfone groups is 1. The molecule has 0 N–H and O–H groups in total. The van der Waals surface area contributed by atoms with Gasteiger partial charge in [-0.25, -0.2) is 17.8 Å². The summed E-state index contributed by atoms with van der Waals surface area (Å²) in [6, 6.07) is 11.9. The van der Waals surface area contributed by atoms with Crippen molar-refractivity contribution in [2.24, 2.45) is 7.05 Å². The van der Waals surface area contributed by atoms with Crippen LogP contribution in [0.25, 0.3) is 33.5 Å². The van der Waals surface area contributed by atoms with Crippen molar-refractivity contribution in [1.29, 1.82) is 0 Å². The van der Waals surface area contributed by atoms with Crippen molar-refractivity contribution in [1.82, 2.24) is 14.1 Å². The molecule has 11 heteroatoms. The van der Waals surface area contributed by atoms with Gasteiger partial charge in [0.2, 0.25) is 0 Å². The molecule has 2 fully saturated rings. The molecule has 0 amide bonds. The minimum atomic E-state index is -4.75. The van der Waals surface area contributed by atoms with Gasteiger partial charge in [-0.2, -0.15) is 13.2 Å². The third kappa shape index (κ3) is 4.27. The van der Waals surface area contributed by atoms with Gasteiger partial charge in [-0.05, 0) is 60.6 Å². The lowest BCUT2D eigenvalue weighted by atomic mass is 10.0. The van der Waals surface area contributed by atoms with E-state index in [0.717, 1.165) is 10.6 Å². The van der Waals surface area contributed by atoms with Crippen molar-refractivity contribution in [3.63, 3.8) is 0 Å². The standard InChI is InChI=1S/C28H25F4N3O3S/c1-3-39(37,38)22-14-17(16-4-7-18(8-5-16)27(29)12-13-27)6-11-20(22)25-33-21-15-23(28(30,31)32)35(19-9-10-19)26(36)24(21)34(25)2/h4-8,11,14-15,19H,3,9-10,12-13H2,1-2H3. The molecule has 0 atom stereocenters. The van der Waals surface area contributed by atoms with Crippen molar-refractivity contribution >= 4 is 20.9 Å². The highest BCUT2D eigenvalue weighted by molar-refractivity contribution is 7.91. The summed E-state index contributed by atoms with van der Waals surface area (Å²) in [7, 11) is -2.32. The van der Waals surface area contributed by atoms with Crippen molar-refractivity contribution in [2.75, 3.05) is 5.75 Å². The molecule has 2 saturated carbocycles. The van der Waals surface area contributed by atoms with Crippen molar-refractivity contribution < 1.29 is 26.0 Å². The Hall–Kier alpha value is -3.47. The Kier molecular flexibility index (Phi) is 5.63. The maximum absolute atomic E-state index is 14.4. The van der Waals surface area contributed by atoms with Crippen LogP contribution in [0.4, 0.5) is 17.6 Å². The van der Waals surface area contributed by atoms with Crippen LogP contribution >= 0.6 is 0 Å². The molecule has 6 nitrogen and oxygen atoms in total. The number of halogens is 4. The second kappa shape index (κ2) is 8.51. The molecule has 0 unspecified atom stereocenters. The largest absolute Gasteiger partial charge is 0.431 e. The highest BCUT2D eigenvalue weighted by Crippen LogP contribution is 2.49. The maximum atomic E-state index is 14.4. The number of pyridine rings is 1. The lowest BCUT2D eigenvalue weighted by Gasteiger charge is -2.15. The molecule has 2 aromatic carbocycles. The van der Waals surface area contributed by atoms with Crippen LogP contribution < -0.4 is 5.56 Å². The third-order valence-corrected chi connectivity index (χ3v) is 9.41. The van der Waals surface area contributed by atoms with Crippen LogP contribution in [-0.4, -0.2) is 28.3 Å². The number of hydrogen-bond donors (Lipinski definition) is 0. The van der Waals surface area contributed by atoms with Crippen molar-refractivity contribution in [3.8, 4) is 22.5 Å². The smallest absolute Gasteiger partial charge is 0.323 e. The highest BCUT2D eigenvalue weighted by atomic mass is 32.2. The van der Waals surface area contributed by atoms with E-state index < -0.39 is 39.0 Å². The lowest BCUT2D eigenvalue weighted by molar-refractivity contribution is -0.144. The first-order valence-corrected chi connectivity index (χ1v) is 14.4. The van der Waals surface area contributed by atoms with Gasteiger partial charge >= 0.3 is 6.18 Å². The predicted octanol–water partition coefficient (Wildman–Crippen LogP) is 6.17. The molecule has 6 rings (SSSR count). The van der Waals surface area contributed by atoms with Crippen molar-refractivity contribution in [2.45, 2.75) is 55.4 Å². The molecule has 0 aliphatic heterocycles. The van der Waals surface area contributed by atoms with Crippen LogP contribution in [0, 0.1) is 0 Å². The van der Waals surface area contributed by atoms with E-state index in [1.807, 2.05) is 0 Å². The molecule has 39 heavy (non-hydrogen) atoms. The summed E-state index contributed by atoms with van der Waals surface area (Å²) in [5.74, 6) is -0.144. The van der Waals surface area contributed by atoms with Gasteiger partial charge in [0.25, 0.3) is 5.56 Å². The number of aromatic nitrogens is 3.